The summed E-state index contributed by atoms with van der Waals surface area (Å²) in [7, 11) is -9.00. The quantitative estimate of drug-likeness (QED) is 0.133. The predicted octanol–water partition coefficient (Wildman–Crippen LogP) is 8.83. The third-order valence-corrected chi connectivity index (χ3v) is 14.7. The highest BCUT2D eigenvalue weighted by atomic mass is 32.3. The summed E-state index contributed by atoms with van der Waals surface area (Å²) in [4.78, 5) is 12.6. The van der Waals surface area contributed by atoms with Gasteiger partial charge >= 0.3 is 27.5 Å². The number of carbonyl (C=O) groups is 1. The number of hydrogen-bond donors (Lipinski definition) is 0. The van der Waals surface area contributed by atoms with Gasteiger partial charge in [0.2, 0.25) is 0 Å². The van der Waals surface area contributed by atoms with E-state index in [-0.39, 0.29) is 24.3 Å². The molecular formula is C32H42F4O7S2. The monoisotopic (exact) mass is 678 g/mol. The van der Waals surface area contributed by atoms with Gasteiger partial charge in [0.05, 0.1) is 6.61 Å². The fraction of sp³-hybridized carbons (Fsp3) is 0.656. The van der Waals surface area contributed by atoms with Gasteiger partial charge in [0, 0.05) is 27.7 Å². The molecule has 1 aliphatic heterocycles. The minimum absolute atomic E-state index is 0.0744. The first kappa shape index (κ1) is 34.1. The van der Waals surface area contributed by atoms with Gasteiger partial charge in [-0.1, -0.05) is 47.9 Å². The van der Waals surface area contributed by atoms with Crippen LogP contribution in [0.25, 0.3) is 10.8 Å². The molecule has 0 N–H and O–H groups in total. The zero-order valence-electron chi connectivity index (χ0n) is 26.0. The molecule has 2 aliphatic carbocycles. The van der Waals surface area contributed by atoms with Crippen LogP contribution in [0.3, 0.4) is 0 Å². The van der Waals surface area contributed by atoms with Crippen molar-refractivity contribution in [2.45, 2.75) is 100 Å². The maximum atomic E-state index is 15.8. The molecule has 0 amide bonds. The normalized spacial score (nSPS) is 25.8. The Balaban J connectivity index is 1.38. The molecule has 3 fully saturated rings. The van der Waals surface area contributed by atoms with Crippen molar-refractivity contribution >= 4 is 37.4 Å². The minimum Gasteiger partial charge on any atom is -0.493 e. The lowest BCUT2D eigenvalue weighted by atomic mass is 9.82. The maximum Gasteiger partial charge on any atom is 0.509 e. The van der Waals surface area contributed by atoms with Gasteiger partial charge < -0.3 is 14.2 Å². The van der Waals surface area contributed by atoms with Gasteiger partial charge in [-0.3, -0.25) is 0 Å². The number of halogens is 4. The van der Waals surface area contributed by atoms with Crippen molar-refractivity contribution in [3.05, 3.63) is 36.4 Å². The summed E-state index contributed by atoms with van der Waals surface area (Å²) in [6, 6.07) is 10.4. The molecule has 2 bridgehead atoms. The lowest BCUT2D eigenvalue weighted by Gasteiger charge is -2.40. The molecule has 1 saturated heterocycles. The van der Waals surface area contributed by atoms with E-state index in [9.17, 15) is 13.2 Å². The van der Waals surface area contributed by atoms with Crippen LogP contribution in [0.5, 0.6) is 5.75 Å². The average molecular weight is 679 g/mol. The van der Waals surface area contributed by atoms with Gasteiger partial charge in [-0.15, -0.1) is 0 Å². The molecule has 7 nitrogen and oxygen atoms in total. The molecule has 2 aromatic carbocycles. The number of ether oxygens (including phenoxy) is 3. The number of fused-ring (bicyclic) bond motifs is 3. The van der Waals surface area contributed by atoms with Gasteiger partial charge in [-0.05, 0) is 88.7 Å². The third-order valence-electron chi connectivity index (χ3n) is 9.02. The number of rotatable bonds is 11. The van der Waals surface area contributed by atoms with Crippen molar-refractivity contribution in [3.8, 4) is 5.75 Å². The van der Waals surface area contributed by atoms with Crippen LogP contribution in [0.4, 0.5) is 22.4 Å². The molecule has 5 rings (SSSR count). The van der Waals surface area contributed by atoms with Crippen molar-refractivity contribution < 1.29 is 48.6 Å². The van der Waals surface area contributed by atoms with Gasteiger partial charge in [-0.2, -0.15) is 26.0 Å². The Kier molecular flexibility index (Phi) is 9.40. The van der Waals surface area contributed by atoms with Crippen LogP contribution in [0.15, 0.2) is 41.3 Å². The second-order valence-electron chi connectivity index (χ2n) is 13.4. The number of benzene rings is 2. The SMILES string of the molecule is CCCCOc1ccc(S2(OS(=O)(=O)C(F)(F)C(F)(F)C3CC4CC3CC4OC(=O)OC(C)(C)C)CCCC2)c2ccccc12. The largest absolute Gasteiger partial charge is 0.509 e. The van der Waals surface area contributed by atoms with E-state index in [0.717, 1.165) is 12.8 Å². The second-order valence-corrected chi connectivity index (χ2v) is 18.2. The maximum absolute atomic E-state index is 15.8. The van der Waals surface area contributed by atoms with Crippen molar-refractivity contribution in [1.82, 2.24) is 0 Å². The Morgan fingerprint density at radius 2 is 1.60 bits per heavy atom. The highest BCUT2D eigenvalue weighted by Crippen LogP contribution is 2.67. The average Bonchev–Trinajstić information content (AvgIpc) is 3.69. The van der Waals surface area contributed by atoms with Crippen LogP contribution in [0.1, 0.15) is 72.6 Å². The summed E-state index contributed by atoms with van der Waals surface area (Å²) in [6.07, 6.45) is 0.718. The van der Waals surface area contributed by atoms with Crippen LogP contribution >= 0.6 is 10.3 Å². The highest BCUT2D eigenvalue weighted by molar-refractivity contribution is 8.33. The van der Waals surface area contributed by atoms with E-state index in [1.807, 2.05) is 6.92 Å². The Bertz CT molecular complexity index is 1500. The van der Waals surface area contributed by atoms with Gasteiger partial charge in [0.25, 0.3) is 0 Å². The van der Waals surface area contributed by atoms with Crippen LogP contribution in [0.2, 0.25) is 0 Å². The van der Waals surface area contributed by atoms with Crippen molar-refractivity contribution in [3.63, 3.8) is 0 Å². The number of unbranched alkanes of at least 4 members (excludes halogenated alkanes) is 1. The molecule has 1 heterocycles. The highest BCUT2D eigenvalue weighted by Gasteiger charge is 2.73. The first-order chi connectivity index (χ1) is 21.0. The molecule has 2 aromatic rings. The molecule has 0 spiro atoms. The molecule has 13 heteroatoms. The Labute approximate surface area is 264 Å². The smallest absolute Gasteiger partial charge is 0.493 e. The van der Waals surface area contributed by atoms with E-state index in [0.29, 0.717) is 40.9 Å². The van der Waals surface area contributed by atoms with E-state index in [1.165, 1.54) is 0 Å². The van der Waals surface area contributed by atoms with E-state index >= 15 is 17.6 Å². The Hall–Kier alpha value is -2.25. The van der Waals surface area contributed by atoms with E-state index in [4.69, 9.17) is 17.8 Å². The molecule has 252 valence electrons. The van der Waals surface area contributed by atoms with Gasteiger partial charge in [0.15, 0.2) is 0 Å². The first-order valence-electron chi connectivity index (χ1n) is 15.6. The lowest BCUT2D eigenvalue weighted by Crippen LogP contribution is -2.54. The van der Waals surface area contributed by atoms with Crippen molar-refractivity contribution in [2.24, 2.45) is 17.8 Å². The molecule has 4 atom stereocenters. The molecule has 0 aromatic heterocycles. The summed E-state index contributed by atoms with van der Waals surface area (Å²) < 4.78 is 112. The molecule has 0 radical (unpaired) electrons. The van der Waals surface area contributed by atoms with E-state index < -0.39 is 73.6 Å². The number of hydrogen-bond acceptors (Lipinski definition) is 7. The third kappa shape index (κ3) is 6.50. The summed E-state index contributed by atoms with van der Waals surface area (Å²) in [5, 5.41) is -4.20. The fourth-order valence-corrected chi connectivity index (χ4v) is 12.8. The zero-order valence-corrected chi connectivity index (χ0v) is 27.7. The van der Waals surface area contributed by atoms with Crippen LogP contribution in [-0.4, -0.2) is 55.6 Å². The van der Waals surface area contributed by atoms with Crippen molar-refractivity contribution in [2.75, 3.05) is 18.1 Å². The minimum atomic E-state index is -6.09. The number of alkyl halides is 4. The standard InChI is InChI=1S/C32H42F4O7S2/c1-5-6-15-40-26-13-14-28(24-12-8-7-11-23(24)26)44(16-9-10-17-44)43-45(38,39)32(35,36)31(33,34)25-19-22-18-21(25)20-27(22)41-29(37)42-30(2,3)4/h7-8,11-14,21-22,25,27H,5-6,9-10,15-20H2,1-4H3. The van der Waals surface area contributed by atoms with Gasteiger partial charge in [-0.25, -0.2) is 8.42 Å². The van der Waals surface area contributed by atoms with E-state index in [1.54, 1.807) is 57.2 Å². The lowest BCUT2D eigenvalue weighted by molar-refractivity contribution is -0.205. The topological polar surface area (TPSA) is 88.1 Å². The van der Waals surface area contributed by atoms with Crippen molar-refractivity contribution in [1.29, 1.82) is 0 Å². The second kappa shape index (κ2) is 12.4. The summed E-state index contributed by atoms with van der Waals surface area (Å²) in [6.45, 7) is 7.45. The predicted molar refractivity (Wildman–Crippen MR) is 165 cm³/mol. The van der Waals surface area contributed by atoms with E-state index in [2.05, 4.69) is 0 Å². The fourth-order valence-electron chi connectivity index (χ4n) is 6.92. The molecule has 3 aliphatic rings. The van der Waals surface area contributed by atoms with Crippen LogP contribution < -0.4 is 4.74 Å². The molecule has 4 unspecified atom stereocenters. The first-order valence-corrected chi connectivity index (χ1v) is 18.9. The summed E-state index contributed by atoms with van der Waals surface area (Å²) in [5.41, 5.74) is -0.823. The Morgan fingerprint density at radius 1 is 0.933 bits per heavy atom. The molecule has 2 saturated carbocycles. The zero-order chi connectivity index (χ0) is 32.8. The summed E-state index contributed by atoms with van der Waals surface area (Å²) >= 11 is 0. The summed E-state index contributed by atoms with van der Waals surface area (Å²) in [5.74, 6) is -7.48. The molecule has 45 heavy (non-hydrogen) atoms. The number of carbonyl (C=O) groups excluding carboxylic acids is 1. The van der Waals surface area contributed by atoms with Crippen LogP contribution in [0, 0.1) is 17.8 Å². The van der Waals surface area contributed by atoms with Crippen LogP contribution in [-0.2, 0) is 23.2 Å². The molecular weight excluding hydrogens is 636 g/mol. The Morgan fingerprint density at radius 3 is 2.20 bits per heavy atom. The van der Waals surface area contributed by atoms with Gasteiger partial charge in [0.1, 0.15) is 17.5 Å².